The zero-order valence-electron chi connectivity index (χ0n) is 21.3. The molecule has 2 atom stereocenters. The average molecular weight is 541 g/mol. The number of amides is 2. The fourth-order valence-electron chi connectivity index (χ4n) is 5.45. The monoisotopic (exact) mass is 540 g/mol. The lowest BCUT2D eigenvalue weighted by molar-refractivity contribution is -0.117. The van der Waals surface area contributed by atoms with Crippen LogP contribution in [-0.4, -0.2) is 45.4 Å². The van der Waals surface area contributed by atoms with Gasteiger partial charge in [-0.15, -0.1) is 0 Å². The normalized spacial score (nSPS) is 18.1. The molecule has 0 saturated carbocycles. The smallest absolute Gasteiger partial charge is 0.237 e. The topological polar surface area (TPSA) is 66.4 Å². The number of hydrogen-bond acceptors (Lipinski definition) is 6. The average Bonchev–Trinajstić information content (AvgIpc) is 3.45. The predicted molar refractivity (Wildman–Crippen MR) is 155 cm³/mol. The molecule has 6 rings (SSSR count). The highest BCUT2D eigenvalue weighted by molar-refractivity contribution is 8.02. The highest BCUT2D eigenvalue weighted by Gasteiger charge is 2.32. The van der Waals surface area contributed by atoms with Crippen molar-refractivity contribution in [2.75, 3.05) is 21.3 Å². The molecule has 4 aromatic rings. The Bertz CT molecular complexity index is 1430. The Hall–Kier alpha value is -3.36. The molecule has 0 spiro atoms. The number of hydrogen-bond donors (Lipinski definition) is 0. The zero-order valence-corrected chi connectivity index (χ0v) is 23.0. The summed E-state index contributed by atoms with van der Waals surface area (Å²) in [7, 11) is 0. The van der Waals surface area contributed by atoms with E-state index in [1.807, 2.05) is 70.5 Å². The number of aromatic nitrogens is 2. The summed E-state index contributed by atoms with van der Waals surface area (Å²) in [5, 5.41) is 1.37. The highest BCUT2D eigenvalue weighted by atomic mass is 32.2. The second kappa shape index (κ2) is 10.4. The Kier molecular flexibility index (Phi) is 6.84. The van der Waals surface area contributed by atoms with Gasteiger partial charge in [-0.1, -0.05) is 72.1 Å². The number of benzene rings is 3. The molecular weight excluding hydrogens is 512 g/mol. The van der Waals surface area contributed by atoms with Crippen molar-refractivity contribution in [2.24, 2.45) is 0 Å². The van der Waals surface area contributed by atoms with E-state index in [9.17, 15) is 9.59 Å². The van der Waals surface area contributed by atoms with Crippen LogP contribution in [0.15, 0.2) is 82.8 Å². The maximum absolute atomic E-state index is 13.3. The van der Waals surface area contributed by atoms with Crippen LogP contribution in [0.3, 0.4) is 0 Å². The summed E-state index contributed by atoms with van der Waals surface area (Å²) in [6.45, 7) is 4.17. The molecule has 1 aromatic heterocycles. The van der Waals surface area contributed by atoms with Gasteiger partial charge in [0.1, 0.15) is 10.1 Å². The van der Waals surface area contributed by atoms with Crippen molar-refractivity contribution in [3.8, 4) is 0 Å². The van der Waals surface area contributed by atoms with Crippen LogP contribution in [0.4, 0.5) is 11.4 Å². The number of nitrogens with zero attached hydrogens (tertiary/aromatic N) is 4. The van der Waals surface area contributed by atoms with E-state index in [0.29, 0.717) is 10.1 Å². The molecule has 38 heavy (non-hydrogen) atoms. The van der Waals surface area contributed by atoms with Gasteiger partial charge in [-0.2, -0.15) is 0 Å². The SMILES string of the molecule is CC1Cc2ccccc2N1C(=O)CSc1nc2ccccc2nc1SCC(=O)N1c2ccccc2CC1C. The lowest BCUT2D eigenvalue weighted by Gasteiger charge is -2.23. The number of anilines is 2. The van der Waals surface area contributed by atoms with Gasteiger partial charge in [0.2, 0.25) is 11.8 Å². The van der Waals surface area contributed by atoms with Gasteiger partial charge >= 0.3 is 0 Å². The van der Waals surface area contributed by atoms with E-state index < -0.39 is 0 Å². The largest absolute Gasteiger partial charge is 0.308 e. The van der Waals surface area contributed by atoms with Gasteiger partial charge in [-0.25, -0.2) is 9.97 Å². The van der Waals surface area contributed by atoms with Crippen LogP contribution in [0.1, 0.15) is 25.0 Å². The summed E-state index contributed by atoms with van der Waals surface area (Å²) >= 11 is 2.79. The van der Waals surface area contributed by atoms with Gasteiger partial charge in [0.25, 0.3) is 0 Å². The number of para-hydroxylation sites is 4. The van der Waals surface area contributed by atoms with Crippen LogP contribution in [0.25, 0.3) is 11.0 Å². The van der Waals surface area contributed by atoms with E-state index in [4.69, 9.17) is 9.97 Å². The first-order valence-corrected chi connectivity index (χ1v) is 14.8. The minimum atomic E-state index is 0.0527. The molecule has 0 saturated heterocycles. The maximum Gasteiger partial charge on any atom is 0.237 e. The Labute approximate surface area is 230 Å². The summed E-state index contributed by atoms with van der Waals surface area (Å²) in [6, 6.07) is 24.2. The minimum absolute atomic E-state index is 0.0527. The second-order valence-electron chi connectivity index (χ2n) is 9.79. The summed E-state index contributed by atoms with van der Waals surface area (Å²) < 4.78 is 0. The molecular formula is C30H28N4O2S2. The third-order valence-corrected chi connectivity index (χ3v) is 9.15. The Morgan fingerprint density at radius 1 is 0.684 bits per heavy atom. The van der Waals surface area contributed by atoms with E-state index in [0.717, 1.165) is 35.2 Å². The van der Waals surface area contributed by atoms with Crippen molar-refractivity contribution >= 4 is 57.7 Å². The summed E-state index contributed by atoms with van der Waals surface area (Å²) in [4.78, 5) is 40.2. The first-order chi connectivity index (χ1) is 18.5. The lowest BCUT2D eigenvalue weighted by atomic mass is 10.1. The molecule has 192 valence electrons. The van der Waals surface area contributed by atoms with Crippen molar-refractivity contribution in [1.29, 1.82) is 0 Å². The molecule has 8 heteroatoms. The van der Waals surface area contributed by atoms with E-state index >= 15 is 0 Å². The van der Waals surface area contributed by atoms with Crippen molar-refractivity contribution < 1.29 is 9.59 Å². The molecule has 2 aliphatic rings. The predicted octanol–water partition coefficient (Wildman–Crippen LogP) is 5.77. The Balaban J connectivity index is 1.21. The molecule has 2 amide bonds. The molecule has 2 aliphatic heterocycles. The van der Waals surface area contributed by atoms with E-state index in [1.54, 1.807) is 0 Å². The summed E-state index contributed by atoms with van der Waals surface area (Å²) in [6.07, 6.45) is 1.73. The third-order valence-electron chi connectivity index (χ3n) is 7.13. The van der Waals surface area contributed by atoms with Gasteiger partial charge in [0.15, 0.2) is 0 Å². The first-order valence-electron chi connectivity index (χ1n) is 12.8. The Morgan fingerprint density at radius 2 is 1.08 bits per heavy atom. The molecule has 6 nitrogen and oxygen atoms in total. The first kappa shape index (κ1) is 24.9. The molecule has 2 unspecified atom stereocenters. The van der Waals surface area contributed by atoms with Crippen molar-refractivity contribution in [3.05, 3.63) is 83.9 Å². The molecule has 0 radical (unpaired) electrons. The standard InChI is InChI=1S/C30H28N4O2S2/c1-19-15-21-9-3-7-13-25(21)33(19)27(35)17-37-29-30(32-24-12-6-5-11-23(24)31-29)38-18-28(36)34-20(2)16-22-10-4-8-14-26(22)34/h3-14,19-20H,15-18H2,1-2H3. The zero-order chi connectivity index (χ0) is 26.2. The minimum Gasteiger partial charge on any atom is -0.308 e. The number of carbonyl (C=O) groups excluding carboxylic acids is 2. The van der Waals surface area contributed by atoms with E-state index in [1.165, 1.54) is 34.7 Å². The van der Waals surface area contributed by atoms with Crippen molar-refractivity contribution in [2.45, 2.75) is 48.8 Å². The summed E-state index contributed by atoms with van der Waals surface area (Å²) in [5.41, 5.74) is 5.96. The number of rotatable bonds is 6. The number of thioether (sulfide) groups is 2. The number of fused-ring (bicyclic) bond motifs is 3. The van der Waals surface area contributed by atoms with Crippen LogP contribution in [0.5, 0.6) is 0 Å². The molecule has 0 aliphatic carbocycles. The second-order valence-corrected chi connectivity index (χ2v) is 11.7. The fraction of sp³-hybridized carbons (Fsp3) is 0.267. The third kappa shape index (κ3) is 4.67. The molecule has 3 aromatic carbocycles. The van der Waals surface area contributed by atoms with Crippen LogP contribution < -0.4 is 9.80 Å². The molecule has 0 N–H and O–H groups in total. The van der Waals surface area contributed by atoms with Crippen molar-refractivity contribution in [3.63, 3.8) is 0 Å². The fourth-order valence-corrected chi connectivity index (χ4v) is 7.26. The van der Waals surface area contributed by atoms with Crippen LogP contribution in [-0.2, 0) is 22.4 Å². The van der Waals surface area contributed by atoms with Gasteiger partial charge < -0.3 is 9.80 Å². The van der Waals surface area contributed by atoms with E-state index in [2.05, 4.69) is 26.0 Å². The van der Waals surface area contributed by atoms with Crippen LogP contribution >= 0.6 is 23.5 Å². The molecule has 3 heterocycles. The molecule has 0 bridgehead atoms. The molecule has 0 fully saturated rings. The van der Waals surface area contributed by atoms with Crippen LogP contribution in [0, 0.1) is 0 Å². The lowest BCUT2D eigenvalue weighted by Crippen LogP contribution is -2.37. The summed E-state index contributed by atoms with van der Waals surface area (Å²) in [5.74, 6) is 0.613. The van der Waals surface area contributed by atoms with Gasteiger partial charge in [0.05, 0.1) is 22.5 Å². The number of carbonyl (C=O) groups is 2. The van der Waals surface area contributed by atoms with Gasteiger partial charge in [-0.3, -0.25) is 9.59 Å². The quantitative estimate of drug-likeness (QED) is 0.289. The van der Waals surface area contributed by atoms with E-state index in [-0.39, 0.29) is 35.4 Å². The Morgan fingerprint density at radius 3 is 1.53 bits per heavy atom. The van der Waals surface area contributed by atoms with Crippen LogP contribution in [0.2, 0.25) is 0 Å². The maximum atomic E-state index is 13.3. The van der Waals surface area contributed by atoms with Crippen molar-refractivity contribution in [1.82, 2.24) is 9.97 Å². The van der Waals surface area contributed by atoms with Gasteiger partial charge in [0, 0.05) is 23.5 Å². The highest BCUT2D eigenvalue weighted by Crippen LogP contribution is 2.36. The van der Waals surface area contributed by atoms with Gasteiger partial charge in [-0.05, 0) is 62.1 Å².